The summed E-state index contributed by atoms with van der Waals surface area (Å²) in [5, 5.41) is 3.06. The fourth-order valence-corrected chi connectivity index (χ4v) is 2.95. The van der Waals surface area contributed by atoms with Crippen molar-refractivity contribution in [2.24, 2.45) is 0 Å². The van der Waals surface area contributed by atoms with Crippen LogP contribution in [-0.4, -0.2) is 31.1 Å². The largest absolute Gasteiger partial charge is 0.416 e. The molecule has 1 heterocycles. The molecule has 0 saturated carbocycles. The first-order chi connectivity index (χ1) is 11.9. The highest BCUT2D eigenvalue weighted by molar-refractivity contribution is 6.01. The third-order valence-electron chi connectivity index (χ3n) is 4.12. The number of nitrogens with zero attached hydrogens (tertiary/aromatic N) is 1. The molecule has 1 N–H and O–H groups in total. The van der Waals surface area contributed by atoms with Crippen molar-refractivity contribution in [3.8, 4) is 0 Å². The normalized spacial score (nSPS) is 17.2. The molecule has 1 aliphatic rings. The van der Waals surface area contributed by atoms with Crippen molar-refractivity contribution in [2.75, 3.05) is 25.6 Å². The van der Waals surface area contributed by atoms with Gasteiger partial charge in [-0.1, -0.05) is 30.3 Å². The zero-order chi connectivity index (χ0) is 18.0. The fourth-order valence-electron chi connectivity index (χ4n) is 2.95. The van der Waals surface area contributed by atoms with Crippen molar-refractivity contribution < 1.29 is 22.7 Å². The number of benzene rings is 2. The maximum absolute atomic E-state index is 13.4. The van der Waals surface area contributed by atoms with E-state index in [2.05, 4.69) is 5.32 Å². The van der Waals surface area contributed by atoms with Crippen molar-refractivity contribution in [1.29, 1.82) is 0 Å². The number of methoxy groups -OCH3 is 1. The Morgan fingerprint density at radius 3 is 2.52 bits per heavy atom. The van der Waals surface area contributed by atoms with Gasteiger partial charge in [0.05, 0.1) is 17.7 Å². The lowest BCUT2D eigenvalue weighted by Crippen LogP contribution is -2.45. The average Bonchev–Trinajstić information content (AvgIpc) is 2.60. The number of fused-ring (bicyclic) bond motifs is 1. The van der Waals surface area contributed by atoms with Crippen LogP contribution in [0.2, 0.25) is 0 Å². The van der Waals surface area contributed by atoms with Gasteiger partial charge in [0.25, 0.3) is 5.91 Å². The molecule has 2 aromatic rings. The summed E-state index contributed by atoms with van der Waals surface area (Å²) < 4.78 is 45.3. The first kappa shape index (κ1) is 17.3. The summed E-state index contributed by atoms with van der Waals surface area (Å²) in [6.07, 6.45) is -5.43. The highest BCUT2D eigenvalue weighted by Crippen LogP contribution is 2.39. The molecule has 0 radical (unpaired) electrons. The Labute approximate surface area is 143 Å². The molecule has 3 rings (SSSR count). The molecule has 0 fully saturated rings. The highest BCUT2D eigenvalue weighted by atomic mass is 19.4. The number of rotatable bonds is 4. The van der Waals surface area contributed by atoms with Gasteiger partial charge in [-0.25, -0.2) is 0 Å². The van der Waals surface area contributed by atoms with Gasteiger partial charge in [0.1, 0.15) is 6.17 Å². The smallest absolute Gasteiger partial charge is 0.383 e. The number of hydrogen-bond acceptors (Lipinski definition) is 3. The topological polar surface area (TPSA) is 41.6 Å². The van der Waals surface area contributed by atoms with E-state index in [1.54, 1.807) is 24.3 Å². The van der Waals surface area contributed by atoms with Crippen LogP contribution >= 0.6 is 0 Å². The minimum Gasteiger partial charge on any atom is -0.383 e. The van der Waals surface area contributed by atoms with E-state index in [9.17, 15) is 18.0 Å². The van der Waals surface area contributed by atoms with Crippen molar-refractivity contribution in [1.82, 2.24) is 4.90 Å². The number of hydrogen-bond donors (Lipinski definition) is 1. The number of ether oxygens (including phenoxy) is 1. The molecule has 2 aromatic carbocycles. The molecular weight excluding hydrogens is 333 g/mol. The summed E-state index contributed by atoms with van der Waals surface area (Å²) in [6, 6.07) is 12.1. The van der Waals surface area contributed by atoms with Crippen LogP contribution in [0, 0.1) is 0 Å². The van der Waals surface area contributed by atoms with Crippen LogP contribution in [0.5, 0.6) is 0 Å². The molecule has 1 unspecified atom stereocenters. The third-order valence-corrected chi connectivity index (χ3v) is 4.12. The van der Waals surface area contributed by atoms with E-state index in [1.165, 1.54) is 30.2 Å². The van der Waals surface area contributed by atoms with Crippen LogP contribution in [0.3, 0.4) is 0 Å². The maximum atomic E-state index is 13.4. The van der Waals surface area contributed by atoms with E-state index >= 15 is 0 Å². The minimum absolute atomic E-state index is 0.00829. The van der Waals surface area contributed by atoms with Gasteiger partial charge >= 0.3 is 6.18 Å². The number of alkyl halides is 3. The zero-order valence-corrected chi connectivity index (χ0v) is 13.5. The molecule has 25 heavy (non-hydrogen) atoms. The summed E-state index contributed by atoms with van der Waals surface area (Å²) in [7, 11) is 1.48. The molecule has 1 atom stereocenters. The lowest BCUT2D eigenvalue weighted by molar-refractivity contribution is -0.138. The Balaban J connectivity index is 2.09. The Kier molecular flexibility index (Phi) is 4.67. The molecule has 7 heteroatoms. The molecule has 1 aliphatic heterocycles. The summed E-state index contributed by atoms with van der Waals surface area (Å²) in [5.41, 5.74) is 0.193. The number of para-hydroxylation sites is 1. The summed E-state index contributed by atoms with van der Waals surface area (Å²) >= 11 is 0. The van der Waals surface area contributed by atoms with Crippen LogP contribution in [-0.2, 0) is 10.9 Å². The van der Waals surface area contributed by atoms with E-state index in [0.29, 0.717) is 11.3 Å². The first-order valence-electron chi connectivity index (χ1n) is 7.75. The van der Waals surface area contributed by atoms with Gasteiger partial charge in [-0.2, -0.15) is 13.2 Å². The van der Waals surface area contributed by atoms with Gasteiger partial charge in [0, 0.05) is 24.9 Å². The standard InChI is InChI=1S/C18H17F3N2O2/c1-25-11-10-23-16(12-6-2-4-8-14(12)18(19,20)21)22-15-9-5-3-7-13(15)17(23)24/h2-9,16,22H,10-11H2,1H3. The molecular formula is C18H17F3N2O2. The van der Waals surface area contributed by atoms with Crippen LogP contribution in [0.15, 0.2) is 48.5 Å². The predicted molar refractivity (Wildman–Crippen MR) is 87.2 cm³/mol. The molecule has 4 nitrogen and oxygen atoms in total. The second kappa shape index (κ2) is 6.76. The number of carbonyl (C=O) groups excluding carboxylic acids is 1. The second-order valence-corrected chi connectivity index (χ2v) is 5.67. The van der Waals surface area contributed by atoms with Crippen molar-refractivity contribution in [3.63, 3.8) is 0 Å². The van der Waals surface area contributed by atoms with Crippen molar-refractivity contribution in [3.05, 3.63) is 65.2 Å². The van der Waals surface area contributed by atoms with Crippen molar-refractivity contribution >= 4 is 11.6 Å². The van der Waals surface area contributed by atoms with Gasteiger partial charge in [-0.05, 0) is 18.2 Å². The van der Waals surface area contributed by atoms with Crippen LogP contribution in [0.1, 0.15) is 27.7 Å². The van der Waals surface area contributed by atoms with Crippen LogP contribution < -0.4 is 5.32 Å². The van der Waals surface area contributed by atoms with E-state index < -0.39 is 17.9 Å². The van der Waals surface area contributed by atoms with Gasteiger partial charge in [0.15, 0.2) is 0 Å². The highest BCUT2D eigenvalue weighted by Gasteiger charge is 2.39. The van der Waals surface area contributed by atoms with Crippen LogP contribution in [0.4, 0.5) is 18.9 Å². The van der Waals surface area contributed by atoms with E-state index in [0.717, 1.165) is 6.07 Å². The van der Waals surface area contributed by atoms with Crippen molar-refractivity contribution in [2.45, 2.75) is 12.3 Å². The predicted octanol–water partition coefficient (Wildman–Crippen LogP) is 3.92. The first-order valence-corrected chi connectivity index (χ1v) is 7.75. The fraction of sp³-hybridized carbons (Fsp3) is 0.278. The minimum atomic E-state index is -4.51. The van der Waals surface area contributed by atoms with Gasteiger partial charge < -0.3 is 15.0 Å². The number of amides is 1. The monoisotopic (exact) mass is 350 g/mol. The molecule has 0 saturated heterocycles. The molecule has 0 aromatic heterocycles. The SMILES string of the molecule is COCCN1C(=O)c2ccccc2NC1c1ccccc1C(F)(F)F. The van der Waals surface area contributed by atoms with Gasteiger partial charge in [0.2, 0.25) is 0 Å². The summed E-state index contributed by atoms with van der Waals surface area (Å²) in [4.78, 5) is 14.2. The van der Waals surface area contributed by atoms with Gasteiger partial charge in [-0.15, -0.1) is 0 Å². The molecule has 132 valence electrons. The molecule has 0 aliphatic carbocycles. The lowest BCUT2D eigenvalue weighted by atomic mass is 9.99. The van der Waals surface area contributed by atoms with Gasteiger partial charge in [-0.3, -0.25) is 4.79 Å². The lowest BCUT2D eigenvalue weighted by Gasteiger charge is -2.39. The second-order valence-electron chi connectivity index (χ2n) is 5.67. The van der Waals surface area contributed by atoms with E-state index in [1.807, 2.05) is 0 Å². The Hall–Kier alpha value is -2.54. The summed E-state index contributed by atoms with van der Waals surface area (Å²) in [6.45, 7) is 0.397. The molecule has 0 spiro atoms. The Bertz CT molecular complexity index is 777. The average molecular weight is 350 g/mol. The number of carbonyl (C=O) groups is 1. The van der Waals surface area contributed by atoms with E-state index in [4.69, 9.17) is 4.74 Å². The maximum Gasteiger partial charge on any atom is 0.416 e. The summed E-state index contributed by atoms with van der Waals surface area (Å²) in [5.74, 6) is -0.326. The third kappa shape index (κ3) is 3.32. The Morgan fingerprint density at radius 2 is 1.80 bits per heavy atom. The molecule has 1 amide bonds. The quantitative estimate of drug-likeness (QED) is 0.909. The molecule has 0 bridgehead atoms. The number of anilines is 1. The van der Waals surface area contributed by atoms with Crippen LogP contribution in [0.25, 0.3) is 0 Å². The Morgan fingerprint density at radius 1 is 1.12 bits per heavy atom. The number of nitrogens with one attached hydrogen (secondary N) is 1. The zero-order valence-electron chi connectivity index (χ0n) is 13.5. The van der Waals surface area contributed by atoms with E-state index in [-0.39, 0.29) is 24.6 Å². The number of halogens is 3.